The van der Waals surface area contributed by atoms with Crippen LogP contribution in [0.2, 0.25) is 0 Å². The Bertz CT molecular complexity index is 756. The third-order valence-corrected chi connectivity index (χ3v) is 3.82. The van der Waals surface area contributed by atoms with Crippen LogP contribution >= 0.6 is 0 Å². The van der Waals surface area contributed by atoms with Crippen LogP contribution < -0.4 is 5.32 Å². The van der Waals surface area contributed by atoms with Crippen LogP contribution in [0, 0.1) is 0 Å². The van der Waals surface area contributed by atoms with Gasteiger partial charge in [-0.2, -0.15) is 0 Å². The average molecular weight is 399 g/mol. The summed E-state index contributed by atoms with van der Waals surface area (Å²) in [6.07, 6.45) is 0.0194. The molecule has 0 aromatic heterocycles. The molecule has 6 heteroatoms. The highest BCUT2D eigenvalue weighted by atomic mass is 16.6. The Morgan fingerprint density at radius 2 is 1.52 bits per heavy atom. The lowest BCUT2D eigenvalue weighted by atomic mass is 10.1. The Morgan fingerprint density at radius 3 is 2.10 bits per heavy atom. The van der Waals surface area contributed by atoms with Gasteiger partial charge in [0.25, 0.3) is 0 Å². The number of amides is 1. The molecule has 29 heavy (non-hydrogen) atoms. The highest BCUT2D eigenvalue weighted by Crippen LogP contribution is 2.08. The van der Waals surface area contributed by atoms with E-state index in [-0.39, 0.29) is 25.9 Å². The van der Waals surface area contributed by atoms with Crippen LogP contribution in [0.5, 0.6) is 0 Å². The van der Waals surface area contributed by atoms with E-state index < -0.39 is 17.7 Å². The number of alkyl carbamates (subject to hydrolysis) is 1. The summed E-state index contributed by atoms with van der Waals surface area (Å²) in [6, 6.07) is 18.8. The van der Waals surface area contributed by atoms with E-state index in [0.29, 0.717) is 6.42 Å². The normalized spacial score (nSPS) is 12.1. The third kappa shape index (κ3) is 9.76. The third-order valence-electron chi connectivity index (χ3n) is 3.82. The van der Waals surface area contributed by atoms with Crippen LogP contribution in [0.1, 0.15) is 31.9 Å². The van der Waals surface area contributed by atoms with Crippen LogP contribution in [-0.4, -0.2) is 36.9 Å². The summed E-state index contributed by atoms with van der Waals surface area (Å²) in [5, 5.41) is 2.82. The van der Waals surface area contributed by atoms with Gasteiger partial charge in [0.05, 0.1) is 12.6 Å². The highest BCUT2D eigenvalue weighted by Gasteiger charge is 2.18. The number of carbonyl (C=O) groups excluding carboxylic acids is 2. The molecule has 0 saturated heterocycles. The zero-order valence-electron chi connectivity index (χ0n) is 17.2. The van der Waals surface area contributed by atoms with Crippen molar-refractivity contribution in [1.82, 2.24) is 5.32 Å². The Kier molecular flexibility index (Phi) is 8.68. The summed E-state index contributed by atoms with van der Waals surface area (Å²) in [4.78, 5) is 24.0. The zero-order chi connectivity index (χ0) is 21.1. The molecule has 0 aliphatic rings. The number of benzene rings is 2. The predicted molar refractivity (Wildman–Crippen MR) is 110 cm³/mol. The number of carbonyl (C=O) groups is 2. The number of hydrogen-bond acceptors (Lipinski definition) is 5. The van der Waals surface area contributed by atoms with E-state index in [4.69, 9.17) is 14.2 Å². The highest BCUT2D eigenvalue weighted by molar-refractivity contribution is 5.71. The molecular weight excluding hydrogens is 370 g/mol. The molecule has 1 atom stereocenters. The maximum Gasteiger partial charge on any atom is 0.407 e. The maximum absolute atomic E-state index is 12.2. The fraction of sp³-hybridized carbons (Fsp3) is 0.391. The number of ether oxygens (including phenoxy) is 3. The smallest absolute Gasteiger partial charge is 0.407 e. The second kappa shape index (κ2) is 11.2. The average Bonchev–Trinajstić information content (AvgIpc) is 2.66. The number of esters is 1. The summed E-state index contributed by atoms with van der Waals surface area (Å²) < 4.78 is 16.0. The molecule has 0 bridgehead atoms. The first-order valence-corrected chi connectivity index (χ1v) is 9.62. The fourth-order valence-electron chi connectivity index (χ4n) is 2.64. The zero-order valence-corrected chi connectivity index (χ0v) is 17.2. The largest absolute Gasteiger partial charge is 0.458 e. The topological polar surface area (TPSA) is 73.9 Å². The second-order valence-electron chi connectivity index (χ2n) is 7.69. The van der Waals surface area contributed by atoms with E-state index in [2.05, 4.69) is 5.32 Å². The van der Waals surface area contributed by atoms with E-state index in [1.807, 2.05) is 60.7 Å². The molecule has 2 aromatic rings. The van der Waals surface area contributed by atoms with Gasteiger partial charge >= 0.3 is 12.1 Å². The minimum Gasteiger partial charge on any atom is -0.458 e. The molecule has 1 amide bonds. The molecule has 0 aliphatic carbocycles. The van der Waals surface area contributed by atoms with E-state index in [1.54, 1.807) is 20.8 Å². The summed E-state index contributed by atoms with van der Waals surface area (Å²) in [7, 11) is 0. The summed E-state index contributed by atoms with van der Waals surface area (Å²) in [5.41, 5.74) is 1.38. The number of nitrogens with one attached hydrogen (secondary N) is 1. The number of hydrogen-bond donors (Lipinski definition) is 1. The molecule has 2 aromatic carbocycles. The lowest BCUT2D eigenvalue weighted by Gasteiger charge is -2.21. The van der Waals surface area contributed by atoms with Crippen molar-refractivity contribution in [3.8, 4) is 0 Å². The van der Waals surface area contributed by atoms with Gasteiger partial charge in [-0.1, -0.05) is 60.7 Å². The van der Waals surface area contributed by atoms with Gasteiger partial charge in [-0.15, -0.1) is 0 Å². The van der Waals surface area contributed by atoms with Crippen molar-refractivity contribution in [1.29, 1.82) is 0 Å². The fourth-order valence-corrected chi connectivity index (χ4v) is 2.64. The molecule has 156 valence electrons. The van der Waals surface area contributed by atoms with Gasteiger partial charge in [0.1, 0.15) is 18.8 Å². The van der Waals surface area contributed by atoms with Gasteiger partial charge in [0.2, 0.25) is 0 Å². The molecule has 0 fully saturated rings. The quantitative estimate of drug-likeness (QED) is 0.648. The Morgan fingerprint density at radius 1 is 0.931 bits per heavy atom. The van der Waals surface area contributed by atoms with Gasteiger partial charge in [-0.3, -0.25) is 0 Å². The Hall–Kier alpha value is -2.86. The van der Waals surface area contributed by atoms with Crippen molar-refractivity contribution >= 4 is 12.1 Å². The van der Waals surface area contributed by atoms with Crippen LogP contribution in [0.25, 0.3) is 0 Å². The predicted octanol–water partition coefficient (Wildman–Crippen LogP) is 3.88. The van der Waals surface area contributed by atoms with Crippen molar-refractivity contribution in [3.63, 3.8) is 0 Å². The lowest BCUT2D eigenvalue weighted by molar-refractivity contribution is -0.160. The molecule has 6 nitrogen and oxygen atoms in total. The Labute approximate surface area is 172 Å². The first kappa shape index (κ1) is 22.4. The van der Waals surface area contributed by atoms with Gasteiger partial charge in [0.15, 0.2) is 0 Å². The van der Waals surface area contributed by atoms with E-state index in [1.165, 1.54) is 0 Å². The minimum absolute atomic E-state index is 0.161. The van der Waals surface area contributed by atoms with Crippen LogP contribution in [0.3, 0.4) is 0 Å². The van der Waals surface area contributed by atoms with Crippen LogP contribution in [0.15, 0.2) is 60.7 Å². The van der Waals surface area contributed by atoms with Crippen molar-refractivity contribution in [2.75, 3.05) is 13.2 Å². The SMILES string of the molecule is CC(C)(C)OC(=O)COCC(Cc1ccccc1)NC(=O)OCc1ccccc1. The molecule has 2 rings (SSSR count). The molecule has 1 N–H and O–H groups in total. The molecule has 0 aliphatic heterocycles. The van der Waals surface area contributed by atoms with Crippen LogP contribution in [-0.2, 0) is 32.0 Å². The van der Waals surface area contributed by atoms with E-state index in [9.17, 15) is 9.59 Å². The van der Waals surface area contributed by atoms with Crippen molar-refractivity contribution in [2.45, 2.75) is 45.4 Å². The molecule has 0 heterocycles. The molecule has 0 radical (unpaired) electrons. The second-order valence-corrected chi connectivity index (χ2v) is 7.69. The summed E-state index contributed by atoms with van der Waals surface area (Å²) in [6.45, 7) is 5.57. The van der Waals surface area contributed by atoms with Crippen LogP contribution in [0.4, 0.5) is 4.79 Å². The van der Waals surface area contributed by atoms with Gasteiger partial charge in [0, 0.05) is 0 Å². The van der Waals surface area contributed by atoms with E-state index in [0.717, 1.165) is 11.1 Å². The first-order chi connectivity index (χ1) is 13.8. The maximum atomic E-state index is 12.2. The molecule has 1 unspecified atom stereocenters. The Balaban J connectivity index is 1.86. The lowest BCUT2D eigenvalue weighted by Crippen LogP contribution is -2.40. The van der Waals surface area contributed by atoms with Gasteiger partial charge in [-0.25, -0.2) is 9.59 Å². The number of rotatable bonds is 9. The summed E-state index contributed by atoms with van der Waals surface area (Å²) in [5.74, 6) is -0.442. The minimum atomic E-state index is -0.566. The summed E-state index contributed by atoms with van der Waals surface area (Å²) >= 11 is 0. The monoisotopic (exact) mass is 399 g/mol. The van der Waals surface area contributed by atoms with Gasteiger partial charge in [-0.05, 0) is 38.3 Å². The standard InChI is InChI=1S/C23H29NO5/c1-23(2,3)29-21(25)17-27-16-20(14-18-10-6-4-7-11-18)24-22(26)28-15-19-12-8-5-9-13-19/h4-13,20H,14-17H2,1-3H3,(H,24,26). The van der Waals surface area contributed by atoms with Crippen molar-refractivity contribution < 1.29 is 23.8 Å². The molecule has 0 spiro atoms. The van der Waals surface area contributed by atoms with E-state index >= 15 is 0 Å². The molecule has 0 saturated carbocycles. The van der Waals surface area contributed by atoms with Gasteiger partial charge < -0.3 is 19.5 Å². The molecular formula is C23H29NO5. The van der Waals surface area contributed by atoms with Crippen molar-refractivity contribution in [2.24, 2.45) is 0 Å². The first-order valence-electron chi connectivity index (χ1n) is 9.62. The van der Waals surface area contributed by atoms with Crippen molar-refractivity contribution in [3.05, 3.63) is 71.8 Å².